The van der Waals surface area contributed by atoms with Gasteiger partial charge in [0.15, 0.2) is 0 Å². The molecule has 2 rings (SSSR count). The van der Waals surface area contributed by atoms with Crippen molar-refractivity contribution < 1.29 is 45.7 Å². The van der Waals surface area contributed by atoms with Crippen molar-refractivity contribution >= 4 is 5.91 Å². The maximum Gasteiger partial charge on any atom is 0.387 e. The maximum absolute atomic E-state index is 12.9. The summed E-state index contributed by atoms with van der Waals surface area (Å²) >= 11 is 0. The lowest BCUT2D eigenvalue weighted by Gasteiger charge is -2.42. The molecular formula is C16H17F6NO4. The van der Waals surface area contributed by atoms with Crippen molar-refractivity contribution in [2.45, 2.75) is 50.1 Å². The Bertz CT molecular complexity index is 650. The van der Waals surface area contributed by atoms with Gasteiger partial charge in [-0.25, -0.2) is 8.78 Å². The summed E-state index contributed by atoms with van der Waals surface area (Å²) in [4.78, 5) is 12.0. The summed E-state index contributed by atoms with van der Waals surface area (Å²) < 4.78 is 83.5. The zero-order valence-electron chi connectivity index (χ0n) is 13.8. The van der Waals surface area contributed by atoms with E-state index in [0.29, 0.717) is 0 Å². The van der Waals surface area contributed by atoms with Crippen LogP contribution in [-0.2, 0) is 9.53 Å². The van der Waals surface area contributed by atoms with Gasteiger partial charge in [-0.05, 0) is 17.7 Å². The molecular weight excluding hydrogens is 384 g/mol. The van der Waals surface area contributed by atoms with E-state index < -0.39 is 62.6 Å². The van der Waals surface area contributed by atoms with Gasteiger partial charge in [0, 0.05) is 12.8 Å². The van der Waals surface area contributed by atoms with Crippen molar-refractivity contribution in [1.29, 1.82) is 0 Å². The molecule has 1 aliphatic carbocycles. The fourth-order valence-corrected chi connectivity index (χ4v) is 2.88. The second kappa shape index (κ2) is 8.34. The van der Waals surface area contributed by atoms with E-state index in [1.54, 1.807) is 0 Å². The molecule has 1 fully saturated rings. The van der Waals surface area contributed by atoms with Crippen LogP contribution in [0.4, 0.5) is 26.3 Å². The van der Waals surface area contributed by atoms with Gasteiger partial charge in [0.2, 0.25) is 5.91 Å². The molecule has 1 aliphatic rings. The van der Waals surface area contributed by atoms with Gasteiger partial charge in [0.05, 0.1) is 24.7 Å². The number of ether oxygens (including phenoxy) is 2. The summed E-state index contributed by atoms with van der Waals surface area (Å²) in [5.41, 5.74) is -1.77. The number of nitrogens with one attached hydrogen (secondary N) is 1. The van der Waals surface area contributed by atoms with Crippen molar-refractivity contribution in [2.75, 3.05) is 6.61 Å². The van der Waals surface area contributed by atoms with Gasteiger partial charge >= 0.3 is 13.2 Å². The molecule has 2 N–H and O–H groups in total. The predicted molar refractivity (Wildman–Crippen MR) is 79.7 cm³/mol. The van der Waals surface area contributed by atoms with Gasteiger partial charge in [-0.3, -0.25) is 4.79 Å². The topological polar surface area (TPSA) is 67.8 Å². The minimum absolute atomic E-state index is 0.119. The average Bonchev–Trinajstić information content (AvgIpc) is 2.48. The van der Waals surface area contributed by atoms with Gasteiger partial charge in [0.25, 0.3) is 5.92 Å². The van der Waals surface area contributed by atoms with Crippen LogP contribution in [0.25, 0.3) is 0 Å². The fourth-order valence-electron chi connectivity index (χ4n) is 2.88. The number of amides is 1. The summed E-state index contributed by atoms with van der Waals surface area (Å²) in [5.74, 6) is -4.21. The van der Waals surface area contributed by atoms with E-state index in [0.717, 1.165) is 6.07 Å². The van der Waals surface area contributed by atoms with Gasteiger partial charge in [-0.2, -0.15) is 17.6 Å². The van der Waals surface area contributed by atoms with Crippen molar-refractivity contribution in [2.24, 2.45) is 0 Å². The molecule has 0 aliphatic heterocycles. The quantitative estimate of drug-likeness (QED) is 0.624. The Morgan fingerprint density at radius 2 is 1.85 bits per heavy atom. The molecule has 152 valence electrons. The monoisotopic (exact) mass is 401 g/mol. The molecule has 0 spiro atoms. The molecule has 1 aromatic rings. The van der Waals surface area contributed by atoms with Crippen LogP contribution in [0.1, 0.15) is 30.9 Å². The van der Waals surface area contributed by atoms with Crippen LogP contribution in [-0.4, -0.2) is 42.4 Å². The molecule has 0 aromatic heterocycles. The number of rotatable bonds is 9. The third-order valence-electron chi connectivity index (χ3n) is 3.87. The minimum atomic E-state index is -3.15. The minimum Gasteiger partial charge on any atom is -0.435 e. The maximum atomic E-state index is 12.9. The standard InChI is InChI=1S/C16H17F6NO4/c17-13(18)26-6-11(9-2-1-3-10(4-9)27-14(19)20)23-12(24)5-15(25)7-16(21,22)8-15/h1-4,11,13-14,25H,5-8H2,(H,23,24). The van der Waals surface area contributed by atoms with Crippen LogP contribution in [0.3, 0.4) is 0 Å². The second-order valence-corrected chi connectivity index (χ2v) is 6.28. The highest BCUT2D eigenvalue weighted by Crippen LogP contribution is 2.47. The highest BCUT2D eigenvalue weighted by molar-refractivity contribution is 5.77. The van der Waals surface area contributed by atoms with Crippen molar-refractivity contribution in [3.05, 3.63) is 29.8 Å². The summed E-state index contributed by atoms with van der Waals surface area (Å²) in [6, 6.07) is 3.75. The second-order valence-electron chi connectivity index (χ2n) is 6.28. The Balaban J connectivity index is 2.06. The lowest BCUT2D eigenvalue weighted by atomic mass is 9.74. The number of hydrogen-bond acceptors (Lipinski definition) is 4. The van der Waals surface area contributed by atoms with Gasteiger partial charge in [-0.1, -0.05) is 12.1 Å². The van der Waals surface area contributed by atoms with Crippen LogP contribution in [0.2, 0.25) is 0 Å². The van der Waals surface area contributed by atoms with Gasteiger partial charge < -0.3 is 19.9 Å². The summed E-state index contributed by atoms with van der Waals surface area (Å²) in [6.45, 7) is -6.98. The Morgan fingerprint density at radius 1 is 1.19 bits per heavy atom. The first-order chi connectivity index (χ1) is 12.5. The molecule has 0 heterocycles. The zero-order chi connectivity index (χ0) is 20.2. The van der Waals surface area contributed by atoms with E-state index in [1.807, 2.05) is 0 Å². The van der Waals surface area contributed by atoms with Gasteiger partial charge in [0.1, 0.15) is 5.75 Å². The van der Waals surface area contributed by atoms with Crippen LogP contribution < -0.4 is 10.1 Å². The van der Waals surface area contributed by atoms with E-state index in [1.165, 1.54) is 18.2 Å². The van der Waals surface area contributed by atoms with Crippen LogP contribution in [0, 0.1) is 0 Å². The molecule has 1 amide bonds. The first-order valence-corrected chi connectivity index (χ1v) is 7.82. The fraction of sp³-hybridized carbons (Fsp3) is 0.562. The number of carbonyl (C=O) groups is 1. The van der Waals surface area contributed by atoms with E-state index in [2.05, 4.69) is 14.8 Å². The van der Waals surface area contributed by atoms with E-state index in [9.17, 15) is 36.2 Å². The van der Waals surface area contributed by atoms with E-state index >= 15 is 0 Å². The molecule has 0 bridgehead atoms. The normalized spacial score (nSPS) is 18.9. The summed E-state index contributed by atoms with van der Waals surface area (Å²) in [7, 11) is 0. The molecule has 1 aromatic carbocycles. The third-order valence-corrected chi connectivity index (χ3v) is 3.87. The Morgan fingerprint density at radius 3 is 2.41 bits per heavy atom. The number of aliphatic hydroxyl groups is 1. The largest absolute Gasteiger partial charge is 0.435 e. The van der Waals surface area contributed by atoms with E-state index in [-0.39, 0.29) is 11.3 Å². The average molecular weight is 401 g/mol. The van der Waals surface area contributed by atoms with Crippen LogP contribution >= 0.6 is 0 Å². The molecule has 5 nitrogen and oxygen atoms in total. The molecule has 27 heavy (non-hydrogen) atoms. The van der Waals surface area contributed by atoms with Crippen LogP contribution in [0.15, 0.2) is 24.3 Å². The summed E-state index contributed by atoms with van der Waals surface area (Å²) in [5, 5.41) is 12.1. The zero-order valence-corrected chi connectivity index (χ0v) is 13.8. The molecule has 1 atom stereocenters. The molecule has 11 heteroatoms. The molecule has 0 radical (unpaired) electrons. The van der Waals surface area contributed by atoms with Crippen molar-refractivity contribution in [3.8, 4) is 5.75 Å². The first-order valence-electron chi connectivity index (χ1n) is 7.82. The highest BCUT2D eigenvalue weighted by Gasteiger charge is 2.56. The van der Waals surface area contributed by atoms with Crippen molar-refractivity contribution in [1.82, 2.24) is 5.32 Å². The summed E-state index contributed by atoms with van der Waals surface area (Å²) in [6.07, 6.45) is -2.44. The van der Waals surface area contributed by atoms with Crippen molar-refractivity contribution in [3.63, 3.8) is 0 Å². The smallest absolute Gasteiger partial charge is 0.387 e. The number of alkyl halides is 6. The van der Waals surface area contributed by atoms with Gasteiger partial charge in [-0.15, -0.1) is 0 Å². The lowest BCUT2D eigenvalue weighted by Crippen LogP contribution is -2.54. The molecule has 1 saturated carbocycles. The Kier molecular flexibility index (Phi) is 6.58. The number of carbonyl (C=O) groups excluding carboxylic acids is 1. The number of hydrogen-bond donors (Lipinski definition) is 2. The van der Waals surface area contributed by atoms with E-state index in [4.69, 9.17) is 0 Å². The predicted octanol–water partition coefficient (Wildman–Crippen LogP) is 3.23. The Labute approximate surface area is 150 Å². The highest BCUT2D eigenvalue weighted by atomic mass is 19.3. The number of halogens is 6. The molecule has 1 unspecified atom stereocenters. The first kappa shape index (κ1) is 21.3. The molecule has 0 saturated heterocycles. The third kappa shape index (κ3) is 6.58. The number of benzene rings is 1. The SMILES string of the molecule is O=C(CC1(O)CC(F)(F)C1)NC(COC(F)F)c1cccc(OC(F)F)c1. The Hall–Kier alpha value is -2.01. The lowest BCUT2D eigenvalue weighted by molar-refractivity contribution is -0.207. The van der Waals surface area contributed by atoms with Crippen LogP contribution in [0.5, 0.6) is 5.75 Å².